The highest BCUT2D eigenvalue weighted by Crippen LogP contribution is 2.25. The maximum Gasteiger partial charge on any atom is 0.320 e. The summed E-state index contributed by atoms with van der Waals surface area (Å²) in [5.74, 6) is 0.135. The van der Waals surface area contributed by atoms with Crippen molar-refractivity contribution in [2.75, 3.05) is 5.32 Å². The third-order valence-corrected chi connectivity index (χ3v) is 2.99. The molecule has 0 saturated carbocycles. The smallest absolute Gasteiger partial charge is 0.320 e. The molecule has 0 aliphatic heterocycles. The SMILES string of the molecule is CC(C)NCc1nnc(Nc2cc(F)ccc2Br)o1. The minimum Gasteiger partial charge on any atom is -0.406 e. The first-order valence-corrected chi connectivity index (χ1v) is 6.61. The van der Waals surface area contributed by atoms with E-state index in [1.807, 2.05) is 13.8 Å². The van der Waals surface area contributed by atoms with Crippen molar-refractivity contribution in [2.24, 2.45) is 0 Å². The lowest BCUT2D eigenvalue weighted by Crippen LogP contribution is -2.21. The van der Waals surface area contributed by atoms with Gasteiger partial charge >= 0.3 is 6.01 Å². The Morgan fingerprint density at radius 2 is 2.16 bits per heavy atom. The molecule has 0 spiro atoms. The lowest BCUT2D eigenvalue weighted by Gasteiger charge is -2.05. The third kappa shape index (κ3) is 4.00. The van der Waals surface area contributed by atoms with E-state index in [0.717, 1.165) is 0 Å². The van der Waals surface area contributed by atoms with Crippen molar-refractivity contribution in [3.05, 3.63) is 34.4 Å². The van der Waals surface area contributed by atoms with Crippen molar-refractivity contribution in [1.29, 1.82) is 0 Å². The summed E-state index contributed by atoms with van der Waals surface area (Å²) in [4.78, 5) is 0. The maximum atomic E-state index is 13.1. The zero-order valence-electron chi connectivity index (χ0n) is 10.6. The second-order valence-electron chi connectivity index (χ2n) is 4.29. The number of benzene rings is 1. The van der Waals surface area contributed by atoms with Gasteiger partial charge in [-0.1, -0.05) is 18.9 Å². The monoisotopic (exact) mass is 328 g/mol. The Labute approximate surface area is 118 Å². The summed E-state index contributed by atoms with van der Waals surface area (Å²) < 4.78 is 19.2. The number of nitrogens with zero attached hydrogens (tertiary/aromatic N) is 2. The predicted octanol–water partition coefficient (Wildman–Crippen LogP) is 3.21. The van der Waals surface area contributed by atoms with E-state index in [1.54, 1.807) is 6.07 Å². The zero-order chi connectivity index (χ0) is 13.8. The van der Waals surface area contributed by atoms with Crippen LogP contribution >= 0.6 is 15.9 Å². The summed E-state index contributed by atoms with van der Waals surface area (Å²) >= 11 is 3.31. The van der Waals surface area contributed by atoms with Gasteiger partial charge in [-0.15, -0.1) is 5.10 Å². The molecule has 19 heavy (non-hydrogen) atoms. The van der Waals surface area contributed by atoms with Crippen molar-refractivity contribution in [3.8, 4) is 0 Å². The molecule has 102 valence electrons. The van der Waals surface area contributed by atoms with Crippen molar-refractivity contribution in [1.82, 2.24) is 15.5 Å². The number of rotatable bonds is 5. The van der Waals surface area contributed by atoms with Gasteiger partial charge in [-0.2, -0.15) is 0 Å². The molecular weight excluding hydrogens is 315 g/mol. The van der Waals surface area contributed by atoms with Crippen molar-refractivity contribution < 1.29 is 8.81 Å². The first kappa shape index (κ1) is 14.0. The molecule has 0 amide bonds. The number of halogens is 2. The van der Waals surface area contributed by atoms with E-state index < -0.39 is 0 Å². The van der Waals surface area contributed by atoms with E-state index >= 15 is 0 Å². The van der Waals surface area contributed by atoms with Gasteiger partial charge in [0.05, 0.1) is 12.2 Å². The summed E-state index contributed by atoms with van der Waals surface area (Å²) in [6, 6.07) is 4.88. The molecule has 1 aromatic heterocycles. The van der Waals surface area contributed by atoms with Crippen LogP contribution in [0.4, 0.5) is 16.1 Å². The van der Waals surface area contributed by atoms with Crippen LogP contribution in [0.15, 0.2) is 27.1 Å². The van der Waals surface area contributed by atoms with Gasteiger partial charge in [-0.3, -0.25) is 0 Å². The molecule has 0 radical (unpaired) electrons. The molecule has 0 saturated heterocycles. The highest BCUT2D eigenvalue weighted by atomic mass is 79.9. The molecule has 0 fully saturated rings. The van der Waals surface area contributed by atoms with E-state index in [0.29, 0.717) is 28.6 Å². The number of aromatic nitrogens is 2. The molecule has 2 aromatic rings. The molecular formula is C12H14BrFN4O. The summed E-state index contributed by atoms with van der Waals surface area (Å²) in [5, 5.41) is 13.8. The summed E-state index contributed by atoms with van der Waals surface area (Å²) in [6.07, 6.45) is 0. The molecule has 1 heterocycles. The molecule has 0 atom stereocenters. The third-order valence-electron chi connectivity index (χ3n) is 2.30. The van der Waals surface area contributed by atoms with E-state index in [1.165, 1.54) is 12.1 Å². The van der Waals surface area contributed by atoms with E-state index in [-0.39, 0.29) is 11.8 Å². The molecule has 7 heteroatoms. The fourth-order valence-electron chi connectivity index (χ4n) is 1.38. The van der Waals surface area contributed by atoms with Gasteiger partial charge in [-0.25, -0.2) is 4.39 Å². The molecule has 1 aromatic carbocycles. The van der Waals surface area contributed by atoms with Gasteiger partial charge in [-0.05, 0) is 34.1 Å². The minimum absolute atomic E-state index is 0.229. The largest absolute Gasteiger partial charge is 0.406 e. The van der Waals surface area contributed by atoms with Gasteiger partial charge in [0.15, 0.2) is 0 Å². The summed E-state index contributed by atoms with van der Waals surface area (Å²) in [6.45, 7) is 4.55. The van der Waals surface area contributed by atoms with Crippen molar-refractivity contribution in [2.45, 2.75) is 26.4 Å². The Morgan fingerprint density at radius 1 is 1.37 bits per heavy atom. The van der Waals surface area contributed by atoms with E-state index in [4.69, 9.17) is 4.42 Å². The lowest BCUT2D eigenvalue weighted by molar-refractivity contribution is 0.460. The van der Waals surface area contributed by atoms with Crippen LogP contribution in [0.1, 0.15) is 19.7 Å². The Kier molecular flexibility index (Phi) is 4.49. The van der Waals surface area contributed by atoms with E-state index in [2.05, 4.69) is 36.8 Å². The molecule has 0 aliphatic rings. The van der Waals surface area contributed by atoms with Crippen molar-refractivity contribution in [3.63, 3.8) is 0 Å². The van der Waals surface area contributed by atoms with Gasteiger partial charge < -0.3 is 15.1 Å². The average molecular weight is 329 g/mol. The Morgan fingerprint density at radius 3 is 2.89 bits per heavy atom. The van der Waals surface area contributed by atoms with E-state index in [9.17, 15) is 4.39 Å². The number of anilines is 2. The Bertz CT molecular complexity index is 558. The second kappa shape index (κ2) is 6.12. The number of hydrogen-bond acceptors (Lipinski definition) is 5. The quantitative estimate of drug-likeness (QED) is 0.882. The van der Waals surface area contributed by atoms with Crippen LogP contribution in [-0.2, 0) is 6.54 Å². The fourth-order valence-corrected chi connectivity index (χ4v) is 1.72. The molecule has 0 unspecified atom stereocenters. The number of nitrogens with one attached hydrogen (secondary N) is 2. The van der Waals surface area contributed by atoms with Crippen LogP contribution < -0.4 is 10.6 Å². The van der Waals surface area contributed by atoms with Crippen LogP contribution in [-0.4, -0.2) is 16.2 Å². The normalized spacial score (nSPS) is 11.0. The zero-order valence-corrected chi connectivity index (χ0v) is 12.2. The standard InChI is InChI=1S/C12H14BrFN4O/c1-7(2)15-6-11-17-18-12(19-11)16-10-5-8(14)3-4-9(10)13/h3-5,7,15H,6H2,1-2H3,(H,16,18). The summed E-state index contributed by atoms with van der Waals surface area (Å²) in [7, 11) is 0. The fraction of sp³-hybridized carbons (Fsp3) is 0.333. The Hall–Kier alpha value is -1.47. The molecule has 2 rings (SSSR count). The molecule has 2 N–H and O–H groups in total. The van der Waals surface area contributed by atoms with Gasteiger partial charge in [0.25, 0.3) is 0 Å². The lowest BCUT2D eigenvalue weighted by atomic mass is 10.3. The molecule has 5 nitrogen and oxygen atoms in total. The average Bonchev–Trinajstić information content (AvgIpc) is 2.79. The number of hydrogen-bond donors (Lipinski definition) is 2. The highest BCUT2D eigenvalue weighted by molar-refractivity contribution is 9.10. The van der Waals surface area contributed by atoms with Crippen molar-refractivity contribution >= 4 is 27.6 Å². The van der Waals surface area contributed by atoms with Gasteiger partial charge in [0.2, 0.25) is 5.89 Å². The topological polar surface area (TPSA) is 63.0 Å². The van der Waals surface area contributed by atoms with Crippen LogP contribution in [0.25, 0.3) is 0 Å². The summed E-state index contributed by atoms with van der Waals surface area (Å²) in [5.41, 5.74) is 0.534. The van der Waals surface area contributed by atoms with Gasteiger partial charge in [0, 0.05) is 10.5 Å². The van der Waals surface area contributed by atoms with Crippen LogP contribution in [0.3, 0.4) is 0 Å². The first-order valence-electron chi connectivity index (χ1n) is 5.82. The molecule has 0 bridgehead atoms. The van der Waals surface area contributed by atoms with Gasteiger partial charge in [0.1, 0.15) is 5.82 Å². The highest BCUT2D eigenvalue weighted by Gasteiger charge is 2.09. The van der Waals surface area contributed by atoms with Crippen LogP contribution in [0.2, 0.25) is 0 Å². The predicted molar refractivity (Wildman–Crippen MR) is 73.7 cm³/mol. The minimum atomic E-state index is -0.341. The van der Waals surface area contributed by atoms with Crippen LogP contribution in [0, 0.1) is 5.82 Å². The first-order chi connectivity index (χ1) is 9.04. The Balaban J connectivity index is 2.05. The maximum absolute atomic E-state index is 13.1. The molecule has 0 aliphatic carbocycles. The second-order valence-corrected chi connectivity index (χ2v) is 5.14. The van der Waals surface area contributed by atoms with Crippen LogP contribution in [0.5, 0.6) is 0 Å².